The predicted octanol–water partition coefficient (Wildman–Crippen LogP) is 5.47. The van der Waals surface area contributed by atoms with Gasteiger partial charge in [0, 0.05) is 35.6 Å². The van der Waals surface area contributed by atoms with Gasteiger partial charge in [0.05, 0.1) is 26.1 Å². The van der Waals surface area contributed by atoms with E-state index in [9.17, 15) is 4.79 Å². The van der Waals surface area contributed by atoms with E-state index in [4.69, 9.17) is 14.2 Å². The van der Waals surface area contributed by atoms with Crippen LogP contribution in [0.2, 0.25) is 0 Å². The number of nitrogens with one attached hydrogen (secondary N) is 2. The Hall–Kier alpha value is -4.27. The van der Waals surface area contributed by atoms with Gasteiger partial charge in [-0.15, -0.1) is 0 Å². The highest BCUT2D eigenvalue weighted by Gasteiger charge is 2.12. The van der Waals surface area contributed by atoms with E-state index >= 15 is 0 Å². The zero-order valence-corrected chi connectivity index (χ0v) is 18.8. The third-order valence-corrected chi connectivity index (χ3v) is 4.99. The van der Waals surface area contributed by atoms with E-state index in [0.717, 1.165) is 10.9 Å². The van der Waals surface area contributed by atoms with Gasteiger partial charge in [0.2, 0.25) is 0 Å². The highest BCUT2D eigenvalue weighted by atomic mass is 16.5. The molecule has 0 saturated carbocycles. The van der Waals surface area contributed by atoms with Crippen LogP contribution in [0.15, 0.2) is 61.2 Å². The SMILES string of the molecule is COc1cc2nccc(Oc3ccc(NC(=O)Nc4cn(C(C)C)cn4)cc3)c2cc1OC. The van der Waals surface area contributed by atoms with E-state index in [-0.39, 0.29) is 12.1 Å². The Balaban J connectivity index is 1.45. The summed E-state index contributed by atoms with van der Waals surface area (Å²) in [6, 6.07) is 12.4. The Bertz CT molecular complexity index is 1270. The van der Waals surface area contributed by atoms with Crippen LogP contribution in [0.5, 0.6) is 23.0 Å². The number of fused-ring (bicyclic) bond motifs is 1. The first-order chi connectivity index (χ1) is 16.0. The van der Waals surface area contributed by atoms with Crippen molar-refractivity contribution in [3.05, 3.63) is 61.2 Å². The molecule has 0 aliphatic carbocycles. The number of imidazole rings is 1. The summed E-state index contributed by atoms with van der Waals surface area (Å²) in [6.07, 6.45) is 5.14. The monoisotopic (exact) mass is 447 g/mol. The molecule has 0 radical (unpaired) electrons. The molecule has 2 aromatic heterocycles. The number of amides is 2. The number of aromatic nitrogens is 3. The molecular formula is C24H25N5O4. The van der Waals surface area contributed by atoms with Crippen molar-refractivity contribution in [2.24, 2.45) is 0 Å². The molecule has 2 heterocycles. The minimum atomic E-state index is -0.376. The number of pyridine rings is 1. The zero-order valence-electron chi connectivity index (χ0n) is 18.8. The molecule has 0 bridgehead atoms. The quantitative estimate of drug-likeness (QED) is 0.390. The lowest BCUT2D eigenvalue weighted by Gasteiger charge is -2.12. The van der Waals surface area contributed by atoms with Crippen LogP contribution in [0.1, 0.15) is 19.9 Å². The topological polar surface area (TPSA) is 99.5 Å². The molecule has 2 N–H and O–H groups in total. The zero-order chi connectivity index (χ0) is 23.4. The summed E-state index contributed by atoms with van der Waals surface area (Å²) < 4.78 is 18.7. The summed E-state index contributed by atoms with van der Waals surface area (Å²) in [5.74, 6) is 2.91. The van der Waals surface area contributed by atoms with Gasteiger partial charge in [-0.05, 0) is 50.2 Å². The largest absolute Gasteiger partial charge is 0.493 e. The number of urea groups is 1. The molecule has 2 aromatic carbocycles. The molecule has 0 unspecified atom stereocenters. The number of ether oxygens (including phenoxy) is 3. The van der Waals surface area contributed by atoms with Crippen LogP contribution < -0.4 is 24.8 Å². The van der Waals surface area contributed by atoms with Crippen molar-refractivity contribution in [3.8, 4) is 23.0 Å². The molecule has 4 aromatic rings. The molecule has 0 aliphatic rings. The van der Waals surface area contributed by atoms with E-state index in [0.29, 0.717) is 34.5 Å². The lowest BCUT2D eigenvalue weighted by molar-refractivity contribution is 0.262. The van der Waals surface area contributed by atoms with Crippen LogP contribution in [0.25, 0.3) is 10.9 Å². The van der Waals surface area contributed by atoms with Crippen molar-refractivity contribution < 1.29 is 19.0 Å². The maximum Gasteiger partial charge on any atom is 0.324 e. The summed E-state index contributed by atoms with van der Waals surface area (Å²) >= 11 is 0. The molecule has 170 valence electrons. The Kier molecular flexibility index (Phi) is 6.30. The normalized spacial score (nSPS) is 10.8. The van der Waals surface area contributed by atoms with Crippen molar-refractivity contribution in [2.45, 2.75) is 19.9 Å². The molecule has 33 heavy (non-hydrogen) atoms. The lowest BCUT2D eigenvalue weighted by atomic mass is 10.2. The number of carbonyl (C=O) groups excluding carboxylic acids is 1. The standard InChI is InChI=1S/C24H25N5O4/c1-15(2)29-13-23(26-14-29)28-24(30)27-16-5-7-17(8-6-16)33-20-9-10-25-19-12-22(32-4)21(31-3)11-18(19)20/h5-15H,1-4H3,(H2,27,28,30). The third-order valence-electron chi connectivity index (χ3n) is 4.99. The Morgan fingerprint density at radius 3 is 2.33 bits per heavy atom. The van der Waals surface area contributed by atoms with E-state index in [1.54, 1.807) is 69.3 Å². The van der Waals surface area contributed by atoms with Gasteiger partial charge in [-0.25, -0.2) is 9.78 Å². The predicted molar refractivity (Wildman–Crippen MR) is 127 cm³/mol. The summed E-state index contributed by atoms with van der Waals surface area (Å²) in [4.78, 5) is 20.8. The van der Waals surface area contributed by atoms with Gasteiger partial charge < -0.3 is 24.1 Å². The highest BCUT2D eigenvalue weighted by Crippen LogP contribution is 2.37. The summed E-state index contributed by atoms with van der Waals surface area (Å²) in [5, 5.41) is 6.29. The molecule has 9 nitrogen and oxygen atoms in total. The van der Waals surface area contributed by atoms with Gasteiger partial charge in [-0.2, -0.15) is 0 Å². The smallest absolute Gasteiger partial charge is 0.324 e. The molecule has 4 rings (SSSR count). The first-order valence-corrected chi connectivity index (χ1v) is 10.4. The number of carbonyl (C=O) groups is 1. The molecule has 0 fully saturated rings. The van der Waals surface area contributed by atoms with E-state index < -0.39 is 0 Å². The molecule has 0 aliphatic heterocycles. The lowest BCUT2D eigenvalue weighted by Crippen LogP contribution is -2.19. The van der Waals surface area contributed by atoms with Crippen molar-refractivity contribution in [1.29, 1.82) is 0 Å². The van der Waals surface area contributed by atoms with Crippen molar-refractivity contribution in [1.82, 2.24) is 14.5 Å². The number of rotatable bonds is 7. The maximum atomic E-state index is 12.3. The minimum Gasteiger partial charge on any atom is -0.493 e. The van der Waals surface area contributed by atoms with Crippen LogP contribution in [0.4, 0.5) is 16.3 Å². The summed E-state index contributed by atoms with van der Waals surface area (Å²) in [7, 11) is 3.16. The Morgan fingerprint density at radius 1 is 0.939 bits per heavy atom. The number of methoxy groups -OCH3 is 2. The second-order valence-corrected chi connectivity index (χ2v) is 7.54. The minimum absolute atomic E-state index is 0.268. The van der Waals surface area contributed by atoms with Crippen molar-refractivity contribution in [2.75, 3.05) is 24.9 Å². The van der Waals surface area contributed by atoms with Gasteiger partial charge in [-0.3, -0.25) is 10.3 Å². The van der Waals surface area contributed by atoms with Crippen LogP contribution in [-0.4, -0.2) is 34.8 Å². The molecule has 9 heteroatoms. The fraction of sp³-hybridized carbons (Fsp3) is 0.208. The highest BCUT2D eigenvalue weighted by molar-refractivity contribution is 5.99. The molecule has 0 atom stereocenters. The molecular weight excluding hydrogens is 422 g/mol. The maximum absolute atomic E-state index is 12.3. The van der Waals surface area contributed by atoms with Crippen LogP contribution in [-0.2, 0) is 0 Å². The van der Waals surface area contributed by atoms with Crippen LogP contribution >= 0.6 is 0 Å². The van der Waals surface area contributed by atoms with Gasteiger partial charge in [0.1, 0.15) is 11.5 Å². The Labute approximate surface area is 191 Å². The van der Waals surface area contributed by atoms with Crippen molar-refractivity contribution in [3.63, 3.8) is 0 Å². The molecule has 2 amide bonds. The molecule has 0 spiro atoms. The average molecular weight is 447 g/mol. The van der Waals surface area contributed by atoms with Gasteiger partial charge >= 0.3 is 6.03 Å². The number of hydrogen-bond acceptors (Lipinski definition) is 6. The van der Waals surface area contributed by atoms with Gasteiger partial charge in [0.25, 0.3) is 0 Å². The second-order valence-electron chi connectivity index (χ2n) is 7.54. The average Bonchev–Trinajstić information content (AvgIpc) is 3.28. The fourth-order valence-electron chi connectivity index (χ4n) is 3.23. The second kappa shape index (κ2) is 9.47. The summed E-state index contributed by atoms with van der Waals surface area (Å²) in [6.45, 7) is 4.08. The van der Waals surface area contributed by atoms with E-state index in [1.165, 1.54) is 0 Å². The fourth-order valence-corrected chi connectivity index (χ4v) is 3.23. The van der Waals surface area contributed by atoms with Crippen molar-refractivity contribution >= 4 is 28.4 Å². The van der Waals surface area contributed by atoms with E-state index in [2.05, 4.69) is 20.6 Å². The van der Waals surface area contributed by atoms with Crippen LogP contribution in [0.3, 0.4) is 0 Å². The van der Waals surface area contributed by atoms with Gasteiger partial charge in [-0.1, -0.05) is 0 Å². The third kappa shape index (κ3) is 4.98. The Morgan fingerprint density at radius 2 is 1.67 bits per heavy atom. The first kappa shape index (κ1) is 21.9. The number of anilines is 2. The van der Waals surface area contributed by atoms with Gasteiger partial charge in [0.15, 0.2) is 17.3 Å². The number of hydrogen-bond donors (Lipinski definition) is 2. The van der Waals surface area contributed by atoms with Crippen LogP contribution in [0, 0.1) is 0 Å². The number of nitrogens with zero attached hydrogens (tertiary/aromatic N) is 3. The summed E-state index contributed by atoms with van der Waals surface area (Å²) in [5.41, 5.74) is 1.34. The molecule has 0 saturated heterocycles. The van der Waals surface area contributed by atoms with E-state index in [1.807, 2.05) is 24.5 Å². The number of benzene rings is 2. The first-order valence-electron chi connectivity index (χ1n) is 10.4.